The van der Waals surface area contributed by atoms with Gasteiger partial charge >= 0.3 is 6.18 Å². The minimum atomic E-state index is -4.40. The fraction of sp³-hybridized carbons (Fsp3) is 0.250. The number of methoxy groups -OCH3 is 1. The van der Waals surface area contributed by atoms with Gasteiger partial charge in [0.25, 0.3) is 11.8 Å². The lowest BCUT2D eigenvalue weighted by atomic mass is 10.1. The number of carbonyl (C=O) groups excluding carboxylic acids is 2. The van der Waals surface area contributed by atoms with Crippen molar-refractivity contribution in [3.8, 4) is 5.75 Å². The van der Waals surface area contributed by atoms with E-state index in [4.69, 9.17) is 4.74 Å². The molecule has 1 saturated heterocycles. The van der Waals surface area contributed by atoms with Crippen molar-refractivity contribution in [1.82, 2.24) is 14.9 Å². The molecule has 0 bridgehead atoms. The third kappa shape index (κ3) is 6.53. The van der Waals surface area contributed by atoms with Crippen LogP contribution in [-0.2, 0) is 6.18 Å². The molecule has 34 heavy (non-hydrogen) atoms. The predicted octanol–water partition coefficient (Wildman–Crippen LogP) is 4.68. The van der Waals surface area contributed by atoms with Crippen molar-refractivity contribution in [3.63, 3.8) is 0 Å². The number of benzene rings is 1. The Hall–Kier alpha value is -3.95. The number of aromatic nitrogens is 2. The minimum absolute atomic E-state index is 0.113. The number of carbonyl (C=O) groups is 2. The van der Waals surface area contributed by atoms with Gasteiger partial charge in [-0.1, -0.05) is 12.1 Å². The van der Waals surface area contributed by atoms with Gasteiger partial charge in [-0.25, -0.2) is 9.97 Å². The zero-order chi connectivity index (χ0) is 24.6. The van der Waals surface area contributed by atoms with Gasteiger partial charge in [0, 0.05) is 31.0 Å². The Morgan fingerprint density at radius 2 is 1.71 bits per heavy atom. The van der Waals surface area contributed by atoms with Crippen LogP contribution in [-0.4, -0.2) is 46.9 Å². The number of hydrogen-bond donors (Lipinski definition) is 1. The molecular weight excluding hydrogens is 449 g/mol. The van der Waals surface area contributed by atoms with E-state index in [1.54, 1.807) is 41.4 Å². The summed E-state index contributed by atoms with van der Waals surface area (Å²) >= 11 is 0. The Labute approximate surface area is 194 Å². The number of nitrogens with zero attached hydrogens (tertiary/aromatic N) is 3. The Balaban J connectivity index is 0.000000191. The third-order valence-corrected chi connectivity index (χ3v) is 4.94. The molecule has 3 heterocycles. The number of halogens is 3. The van der Waals surface area contributed by atoms with Gasteiger partial charge in [-0.3, -0.25) is 9.59 Å². The summed E-state index contributed by atoms with van der Waals surface area (Å²) in [5.41, 5.74) is -0.426. The fourth-order valence-electron chi connectivity index (χ4n) is 3.27. The number of amides is 2. The maximum Gasteiger partial charge on any atom is 0.416 e. The van der Waals surface area contributed by atoms with Gasteiger partial charge in [0.2, 0.25) is 0 Å². The average Bonchev–Trinajstić information content (AvgIpc) is 3.39. The van der Waals surface area contributed by atoms with E-state index in [0.717, 1.165) is 25.0 Å². The van der Waals surface area contributed by atoms with Crippen molar-refractivity contribution >= 4 is 17.6 Å². The Morgan fingerprint density at radius 1 is 0.971 bits per heavy atom. The highest BCUT2D eigenvalue weighted by Gasteiger charge is 2.31. The second kappa shape index (κ2) is 11.3. The summed E-state index contributed by atoms with van der Waals surface area (Å²) in [7, 11) is 1.49. The van der Waals surface area contributed by atoms with Crippen LogP contribution in [0, 0.1) is 0 Å². The molecule has 178 valence electrons. The summed E-state index contributed by atoms with van der Waals surface area (Å²) in [5, 5.41) is 2.64. The average molecular weight is 472 g/mol. The van der Waals surface area contributed by atoms with Gasteiger partial charge in [-0.15, -0.1) is 0 Å². The molecule has 1 aliphatic heterocycles. The molecule has 0 saturated carbocycles. The van der Waals surface area contributed by atoms with Gasteiger partial charge < -0.3 is 15.0 Å². The molecule has 0 aliphatic carbocycles. The summed E-state index contributed by atoms with van der Waals surface area (Å²) in [5.74, 6) is 0.251. The molecule has 4 rings (SSSR count). The van der Waals surface area contributed by atoms with Crippen molar-refractivity contribution < 1.29 is 27.5 Å². The molecule has 0 unspecified atom stereocenters. The maximum absolute atomic E-state index is 12.5. The van der Waals surface area contributed by atoms with Gasteiger partial charge in [0.1, 0.15) is 11.6 Å². The molecule has 0 radical (unpaired) electrons. The molecule has 10 heteroatoms. The van der Waals surface area contributed by atoms with Gasteiger partial charge in [-0.05, 0) is 55.3 Å². The van der Waals surface area contributed by atoms with Crippen LogP contribution >= 0.6 is 0 Å². The van der Waals surface area contributed by atoms with Crippen LogP contribution in [0.15, 0.2) is 67.0 Å². The molecule has 1 aromatic carbocycles. The van der Waals surface area contributed by atoms with Crippen molar-refractivity contribution in [1.29, 1.82) is 0 Å². The number of hydrogen-bond acceptors (Lipinski definition) is 5. The van der Waals surface area contributed by atoms with E-state index in [0.29, 0.717) is 24.7 Å². The first-order valence-electron chi connectivity index (χ1n) is 10.5. The van der Waals surface area contributed by atoms with Gasteiger partial charge in [0.05, 0.1) is 12.7 Å². The summed E-state index contributed by atoms with van der Waals surface area (Å²) in [4.78, 5) is 33.4. The summed E-state index contributed by atoms with van der Waals surface area (Å²) in [6, 6.07) is 13.2. The standard InChI is InChI=1S/C12H12F3NO.C12H11N3O2/c13-12(14,15)10-5-3-4-9(8-10)11(17)16-6-1-2-7-16;1-17-9-5-4-8-14-11(9)12(16)15-10-6-2-3-7-13-10/h3-5,8H,1-2,6-7H2;2-8H,1H3,(H,13,15,16). The number of likely N-dealkylation sites (tertiary alicyclic amines) is 1. The van der Waals surface area contributed by atoms with Crippen LogP contribution in [0.5, 0.6) is 5.75 Å². The molecular formula is C24H23F3N4O3. The Morgan fingerprint density at radius 3 is 2.35 bits per heavy atom. The maximum atomic E-state index is 12.5. The summed E-state index contributed by atoms with van der Waals surface area (Å²) < 4.78 is 42.5. The second-order valence-electron chi connectivity index (χ2n) is 7.30. The molecule has 1 aliphatic rings. The first kappa shape index (κ1) is 24.7. The van der Waals surface area contributed by atoms with E-state index in [-0.39, 0.29) is 23.1 Å². The zero-order valence-electron chi connectivity index (χ0n) is 18.4. The lowest BCUT2D eigenvalue weighted by Crippen LogP contribution is -2.27. The number of nitrogens with one attached hydrogen (secondary N) is 1. The van der Waals surface area contributed by atoms with E-state index in [2.05, 4.69) is 15.3 Å². The van der Waals surface area contributed by atoms with Crippen LogP contribution in [0.4, 0.5) is 19.0 Å². The highest BCUT2D eigenvalue weighted by atomic mass is 19.4. The Bertz CT molecular complexity index is 1120. The molecule has 3 aromatic rings. The molecule has 0 atom stereocenters. The van der Waals surface area contributed by atoms with E-state index in [1.165, 1.54) is 25.4 Å². The van der Waals surface area contributed by atoms with Crippen LogP contribution in [0.3, 0.4) is 0 Å². The Kier molecular flexibility index (Phi) is 8.18. The van der Waals surface area contributed by atoms with E-state index in [9.17, 15) is 22.8 Å². The molecule has 0 spiro atoms. The smallest absolute Gasteiger partial charge is 0.416 e. The highest BCUT2D eigenvalue weighted by molar-refractivity contribution is 6.04. The zero-order valence-corrected chi connectivity index (χ0v) is 18.4. The number of anilines is 1. The largest absolute Gasteiger partial charge is 0.494 e. The van der Waals surface area contributed by atoms with Gasteiger partial charge in [-0.2, -0.15) is 13.2 Å². The lowest BCUT2D eigenvalue weighted by Gasteiger charge is -2.16. The SMILES string of the molecule is COc1cccnc1C(=O)Nc1ccccn1.O=C(c1cccc(C(F)(F)F)c1)N1CCCC1. The summed E-state index contributed by atoms with van der Waals surface area (Å²) in [6.45, 7) is 1.27. The van der Waals surface area contributed by atoms with Gasteiger partial charge in [0.15, 0.2) is 5.69 Å². The predicted molar refractivity (Wildman–Crippen MR) is 120 cm³/mol. The molecule has 1 N–H and O–H groups in total. The quantitative estimate of drug-likeness (QED) is 0.596. The minimum Gasteiger partial charge on any atom is -0.494 e. The van der Waals surface area contributed by atoms with Crippen LogP contribution < -0.4 is 10.1 Å². The van der Waals surface area contributed by atoms with Crippen molar-refractivity contribution in [3.05, 3.63) is 83.8 Å². The third-order valence-electron chi connectivity index (χ3n) is 4.94. The highest BCUT2D eigenvalue weighted by Crippen LogP contribution is 2.30. The van der Waals surface area contributed by atoms with E-state index >= 15 is 0 Å². The van der Waals surface area contributed by atoms with Crippen molar-refractivity contribution in [2.24, 2.45) is 0 Å². The van der Waals surface area contributed by atoms with E-state index in [1.807, 2.05) is 0 Å². The van der Waals surface area contributed by atoms with Crippen LogP contribution in [0.25, 0.3) is 0 Å². The topological polar surface area (TPSA) is 84.4 Å². The number of rotatable bonds is 4. The normalized spacial score (nSPS) is 13.0. The monoisotopic (exact) mass is 472 g/mol. The number of pyridine rings is 2. The number of alkyl halides is 3. The number of ether oxygens (including phenoxy) is 1. The van der Waals surface area contributed by atoms with Crippen LogP contribution in [0.1, 0.15) is 39.3 Å². The fourth-order valence-corrected chi connectivity index (χ4v) is 3.27. The van der Waals surface area contributed by atoms with E-state index < -0.39 is 11.7 Å². The second-order valence-corrected chi connectivity index (χ2v) is 7.30. The first-order chi connectivity index (χ1) is 16.3. The molecule has 1 fully saturated rings. The lowest BCUT2D eigenvalue weighted by molar-refractivity contribution is -0.137. The first-order valence-corrected chi connectivity index (χ1v) is 10.5. The van der Waals surface area contributed by atoms with Crippen molar-refractivity contribution in [2.75, 3.05) is 25.5 Å². The van der Waals surface area contributed by atoms with Crippen LogP contribution in [0.2, 0.25) is 0 Å². The summed E-state index contributed by atoms with van der Waals surface area (Å²) in [6.07, 6.45) is 0.581. The van der Waals surface area contributed by atoms with Crippen molar-refractivity contribution in [2.45, 2.75) is 19.0 Å². The molecule has 2 amide bonds. The molecule has 2 aromatic heterocycles. The molecule has 7 nitrogen and oxygen atoms in total.